The van der Waals surface area contributed by atoms with E-state index in [9.17, 15) is 14.3 Å². The molecule has 3 nitrogen and oxygen atoms in total. The lowest BCUT2D eigenvalue weighted by atomic mass is 9.85. The van der Waals surface area contributed by atoms with E-state index in [2.05, 4.69) is 4.98 Å². The molecule has 5 heteroatoms. The summed E-state index contributed by atoms with van der Waals surface area (Å²) >= 11 is 6.19. The van der Waals surface area contributed by atoms with Crippen LogP contribution in [-0.2, 0) is 4.79 Å². The van der Waals surface area contributed by atoms with Gasteiger partial charge >= 0.3 is 5.97 Å². The molecule has 0 spiro atoms. The van der Waals surface area contributed by atoms with E-state index >= 15 is 0 Å². The first-order chi connectivity index (χ1) is 12.4. The summed E-state index contributed by atoms with van der Waals surface area (Å²) in [5.74, 6) is -1.91. The number of carbonyl (C=O) groups is 1. The molecule has 26 heavy (non-hydrogen) atoms. The fraction of sp³-hybridized carbons (Fsp3) is 0.238. The minimum atomic E-state index is -0.888. The second-order valence-corrected chi connectivity index (χ2v) is 6.77. The number of aromatic nitrogens is 1. The smallest absolute Gasteiger partial charge is 0.311 e. The van der Waals surface area contributed by atoms with E-state index in [4.69, 9.17) is 11.6 Å². The highest BCUT2D eigenvalue weighted by Crippen LogP contribution is 2.39. The van der Waals surface area contributed by atoms with Gasteiger partial charge in [0.1, 0.15) is 5.82 Å². The number of carboxylic acids is 1. The molecule has 0 fully saturated rings. The molecule has 3 rings (SSSR count). The van der Waals surface area contributed by atoms with Crippen LogP contribution in [0.25, 0.3) is 22.0 Å². The van der Waals surface area contributed by atoms with E-state index < -0.39 is 11.9 Å². The van der Waals surface area contributed by atoms with Crippen LogP contribution in [-0.4, -0.2) is 16.1 Å². The van der Waals surface area contributed by atoms with Crippen LogP contribution in [0.5, 0.6) is 0 Å². The van der Waals surface area contributed by atoms with Crippen LogP contribution in [0, 0.1) is 12.7 Å². The fourth-order valence-corrected chi connectivity index (χ4v) is 3.58. The predicted octanol–water partition coefficient (Wildman–Crippen LogP) is 5.97. The number of halogens is 2. The number of benzene rings is 2. The van der Waals surface area contributed by atoms with Gasteiger partial charge in [0.2, 0.25) is 0 Å². The number of aryl methyl sites for hydroxylation is 1. The lowest BCUT2D eigenvalue weighted by molar-refractivity contribution is -0.139. The molecule has 0 saturated heterocycles. The zero-order valence-electron chi connectivity index (χ0n) is 14.6. The zero-order valence-corrected chi connectivity index (χ0v) is 15.3. The van der Waals surface area contributed by atoms with Crippen molar-refractivity contribution in [3.63, 3.8) is 0 Å². The molecule has 3 aromatic rings. The second kappa shape index (κ2) is 7.42. The van der Waals surface area contributed by atoms with E-state index in [1.54, 1.807) is 24.3 Å². The molecule has 0 bridgehead atoms. The summed E-state index contributed by atoms with van der Waals surface area (Å²) in [6.45, 7) is 3.77. The average molecular weight is 372 g/mol. The van der Waals surface area contributed by atoms with E-state index in [1.165, 1.54) is 12.1 Å². The summed E-state index contributed by atoms with van der Waals surface area (Å²) in [6, 6.07) is 11.4. The molecule has 1 N–H and O–H groups in total. The molecular formula is C21H19ClFNO2. The number of hydrogen-bond acceptors (Lipinski definition) is 2. The van der Waals surface area contributed by atoms with Crippen molar-refractivity contribution in [3.05, 3.63) is 64.6 Å². The van der Waals surface area contributed by atoms with Gasteiger partial charge in [0, 0.05) is 16.1 Å². The Labute approximate surface area is 156 Å². The first kappa shape index (κ1) is 18.3. The van der Waals surface area contributed by atoms with Gasteiger partial charge in [-0.25, -0.2) is 4.39 Å². The van der Waals surface area contributed by atoms with Gasteiger partial charge < -0.3 is 5.11 Å². The maximum absolute atomic E-state index is 13.4. The molecule has 1 heterocycles. The van der Waals surface area contributed by atoms with Crippen LogP contribution in [0.4, 0.5) is 4.39 Å². The first-order valence-corrected chi connectivity index (χ1v) is 8.88. The number of carboxylic acid groups (broad SMARTS) is 1. The van der Waals surface area contributed by atoms with Gasteiger partial charge in [-0.3, -0.25) is 9.78 Å². The van der Waals surface area contributed by atoms with E-state index in [-0.39, 0.29) is 5.82 Å². The van der Waals surface area contributed by atoms with E-state index in [0.717, 1.165) is 28.5 Å². The van der Waals surface area contributed by atoms with Gasteiger partial charge in [-0.2, -0.15) is 0 Å². The predicted molar refractivity (Wildman–Crippen MR) is 102 cm³/mol. The standard InChI is InChI=1S/C21H19ClFNO2/c1-3-4-16(21(25)26)19-12(2)24-18-10-7-14(22)11-17(18)20(19)13-5-8-15(23)9-6-13/h5-11,16H,3-4H2,1-2H3,(H,25,26). The topological polar surface area (TPSA) is 50.2 Å². The Kier molecular flexibility index (Phi) is 5.23. The van der Waals surface area contributed by atoms with E-state index in [0.29, 0.717) is 22.7 Å². The number of hydrogen-bond donors (Lipinski definition) is 1. The normalized spacial score (nSPS) is 12.3. The van der Waals surface area contributed by atoms with Crippen LogP contribution in [0.1, 0.15) is 36.9 Å². The minimum absolute atomic E-state index is 0.341. The first-order valence-electron chi connectivity index (χ1n) is 8.51. The molecule has 2 aromatic carbocycles. The lowest BCUT2D eigenvalue weighted by Crippen LogP contribution is -2.15. The molecule has 0 saturated carbocycles. The van der Waals surface area contributed by atoms with Crippen LogP contribution in [0.15, 0.2) is 42.5 Å². The molecule has 0 aliphatic rings. The second-order valence-electron chi connectivity index (χ2n) is 6.33. The Morgan fingerprint density at radius 1 is 1.23 bits per heavy atom. The van der Waals surface area contributed by atoms with Crippen molar-refractivity contribution in [1.82, 2.24) is 4.98 Å². The molecule has 1 aromatic heterocycles. The molecule has 1 atom stereocenters. The average Bonchev–Trinajstić information content (AvgIpc) is 2.60. The third kappa shape index (κ3) is 3.42. The fourth-order valence-electron chi connectivity index (χ4n) is 3.41. The monoisotopic (exact) mass is 371 g/mol. The number of fused-ring (bicyclic) bond motifs is 1. The minimum Gasteiger partial charge on any atom is -0.481 e. The zero-order chi connectivity index (χ0) is 18.8. The number of rotatable bonds is 5. The summed E-state index contributed by atoms with van der Waals surface area (Å²) in [4.78, 5) is 16.6. The van der Waals surface area contributed by atoms with Gasteiger partial charge in [0.25, 0.3) is 0 Å². The largest absolute Gasteiger partial charge is 0.481 e. The van der Waals surface area contributed by atoms with Crippen molar-refractivity contribution in [1.29, 1.82) is 0 Å². The quantitative estimate of drug-likeness (QED) is 0.601. The Hall–Kier alpha value is -2.46. The van der Waals surface area contributed by atoms with Gasteiger partial charge in [0.05, 0.1) is 11.4 Å². The van der Waals surface area contributed by atoms with Crippen LogP contribution >= 0.6 is 11.6 Å². The molecule has 0 amide bonds. The molecule has 134 valence electrons. The highest BCUT2D eigenvalue weighted by Gasteiger charge is 2.27. The lowest BCUT2D eigenvalue weighted by Gasteiger charge is -2.21. The van der Waals surface area contributed by atoms with Gasteiger partial charge in [-0.15, -0.1) is 0 Å². The number of aliphatic carboxylic acids is 1. The van der Waals surface area contributed by atoms with Crippen molar-refractivity contribution < 1.29 is 14.3 Å². The molecule has 1 unspecified atom stereocenters. The highest BCUT2D eigenvalue weighted by atomic mass is 35.5. The van der Waals surface area contributed by atoms with Crippen LogP contribution in [0.3, 0.4) is 0 Å². The van der Waals surface area contributed by atoms with Crippen LogP contribution < -0.4 is 0 Å². The summed E-state index contributed by atoms with van der Waals surface area (Å²) in [5.41, 5.74) is 3.58. The summed E-state index contributed by atoms with van der Waals surface area (Å²) in [5, 5.41) is 11.1. The van der Waals surface area contributed by atoms with Crippen molar-refractivity contribution >= 4 is 28.5 Å². The molecule has 0 aliphatic heterocycles. The van der Waals surface area contributed by atoms with Crippen molar-refractivity contribution in [3.8, 4) is 11.1 Å². The highest BCUT2D eigenvalue weighted by molar-refractivity contribution is 6.31. The van der Waals surface area contributed by atoms with E-state index in [1.807, 2.05) is 19.9 Å². The van der Waals surface area contributed by atoms with Crippen molar-refractivity contribution in [2.75, 3.05) is 0 Å². The summed E-state index contributed by atoms with van der Waals surface area (Å²) in [6.07, 6.45) is 1.23. The van der Waals surface area contributed by atoms with Gasteiger partial charge in [-0.1, -0.05) is 37.1 Å². The van der Waals surface area contributed by atoms with Crippen molar-refractivity contribution in [2.24, 2.45) is 0 Å². The van der Waals surface area contributed by atoms with Gasteiger partial charge in [-0.05, 0) is 60.4 Å². The van der Waals surface area contributed by atoms with Crippen molar-refractivity contribution in [2.45, 2.75) is 32.6 Å². The summed E-state index contributed by atoms with van der Waals surface area (Å²) < 4.78 is 13.4. The number of nitrogens with zero attached hydrogens (tertiary/aromatic N) is 1. The Balaban J connectivity index is 2.42. The molecule has 0 aliphatic carbocycles. The Morgan fingerprint density at radius 2 is 1.92 bits per heavy atom. The maximum atomic E-state index is 13.4. The van der Waals surface area contributed by atoms with Crippen LogP contribution in [0.2, 0.25) is 5.02 Å². The molecule has 0 radical (unpaired) electrons. The van der Waals surface area contributed by atoms with Gasteiger partial charge in [0.15, 0.2) is 0 Å². The molecular weight excluding hydrogens is 353 g/mol. The Bertz CT molecular complexity index is 970. The SMILES string of the molecule is CCCC(C(=O)O)c1c(C)nc2ccc(Cl)cc2c1-c1ccc(F)cc1. The number of pyridine rings is 1. The summed E-state index contributed by atoms with van der Waals surface area (Å²) in [7, 11) is 0. The third-order valence-electron chi connectivity index (χ3n) is 4.53. The maximum Gasteiger partial charge on any atom is 0.311 e. The Morgan fingerprint density at radius 3 is 2.54 bits per heavy atom. The third-order valence-corrected chi connectivity index (χ3v) is 4.77.